The first-order valence-corrected chi connectivity index (χ1v) is 7.59. The van der Waals surface area contributed by atoms with Crippen LogP contribution in [0.3, 0.4) is 0 Å². The number of hydrogen-bond acceptors (Lipinski definition) is 3. The minimum absolute atomic E-state index is 0.144. The Kier molecular flexibility index (Phi) is 4.85. The second-order valence-corrected chi connectivity index (χ2v) is 7.56. The van der Waals surface area contributed by atoms with Crippen LogP contribution < -0.4 is 0 Å². The average molecular weight is 365 g/mol. The third kappa shape index (κ3) is 3.35. The van der Waals surface area contributed by atoms with Gasteiger partial charge in [-0.25, -0.2) is 0 Å². The van der Waals surface area contributed by atoms with Gasteiger partial charge in [0.1, 0.15) is 11.7 Å². The number of nitriles is 1. The zero-order chi connectivity index (χ0) is 15.8. The molecular formula is C14H9Cl4NO2. The minimum Gasteiger partial charge on any atom is -0.299 e. The summed E-state index contributed by atoms with van der Waals surface area (Å²) in [6, 6.07) is 6.35. The Hall–Kier alpha value is -0.790. The van der Waals surface area contributed by atoms with E-state index in [1.165, 1.54) is 18.2 Å². The number of rotatable bonds is 1. The molecule has 7 heteroatoms. The van der Waals surface area contributed by atoms with Gasteiger partial charge in [0.05, 0.1) is 17.6 Å². The summed E-state index contributed by atoms with van der Waals surface area (Å²) >= 11 is 23.5. The fourth-order valence-corrected chi connectivity index (χ4v) is 3.36. The summed E-state index contributed by atoms with van der Waals surface area (Å²) in [7, 11) is 0. The molecule has 21 heavy (non-hydrogen) atoms. The van der Waals surface area contributed by atoms with E-state index in [2.05, 4.69) is 0 Å². The van der Waals surface area contributed by atoms with Crippen molar-refractivity contribution < 1.29 is 9.59 Å². The predicted molar refractivity (Wildman–Crippen MR) is 81.9 cm³/mol. The molecule has 0 amide bonds. The van der Waals surface area contributed by atoms with E-state index in [4.69, 9.17) is 51.7 Å². The molecule has 2 rings (SSSR count). The molecule has 3 nitrogen and oxygen atoms in total. The monoisotopic (exact) mass is 363 g/mol. The number of Topliss-reactive ketones (excluding diaryl/α,β-unsaturated/α-hetero) is 2. The lowest BCUT2D eigenvalue weighted by Crippen LogP contribution is -2.40. The number of benzene rings is 1. The summed E-state index contributed by atoms with van der Waals surface area (Å²) < 4.78 is -1.75. The Balaban J connectivity index is 2.44. The van der Waals surface area contributed by atoms with Gasteiger partial charge in [-0.05, 0) is 24.1 Å². The maximum Gasteiger partial charge on any atom is 0.200 e. The number of ketones is 2. The van der Waals surface area contributed by atoms with E-state index in [9.17, 15) is 9.59 Å². The van der Waals surface area contributed by atoms with Crippen LogP contribution in [0.25, 0.3) is 0 Å². The highest BCUT2D eigenvalue weighted by Gasteiger charge is 2.47. The van der Waals surface area contributed by atoms with Gasteiger partial charge in [-0.15, -0.1) is 0 Å². The van der Waals surface area contributed by atoms with Gasteiger partial charge < -0.3 is 0 Å². The standard InChI is InChI=1S/C14H9Cl4NO2/c15-10-5-7(6-19)1-2-8(10)12-11(20)4-3-9(13(12)21)14(16,17)18/h1-2,5,9,12H,3-4H2. The van der Waals surface area contributed by atoms with E-state index in [1.807, 2.05) is 6.07 Å². The van der Waals surface area contributed by atoms with Crippen molar-refractivity contribution in [3.8, 4) is 6.07 Å². The van der Waals surface area contributed by atoms with Crippen LogP contribution in [-0.2, 0) is 9.59 Å². The van der Waals surface area contributed by atoms with Crippen LogP contribution in [-0.4, -0.2) is 15.4 Å². The highest BCUT2D eigenvalue weighted by atomic mass is 35.6. The van der Waals surface area contributed by atoms with E-state index in [0.717, 1.165) is 0 Å². The second-order valence-electron chi connectivity index (χ2n) is 4.78. The molecule has 2 atom stereocenters. The molecule has 0 aliphatic heterocycles. The van der Waals surface area contributed by atoms with Gasteiger partial charge in [0.2, 0.25) is 0 Å². The predicted octanol–water partition coefficient (Wildman–Crippen LogP) is 4.21. The normalized spacial score (nSPS) is 23.0. The van der Waals surface area contributed by atoms with Crippen molar-refractivity contribution in [3.63, 3.8) is 0 Å². The average Bonchev–Trinajstić information content (AvgIpc) is 2.38. The van der Waals surface area contributed by atoms with Gasteiger partial charge in [-0.3, -0.25) is 9.59 Å². The summed E-state index contributed by atoms with van der Waals surface area (Å²) in [4.78, 5) is 24.6. The van der Waals surface area contributed by atoms with Gasteiger partial charge >= 0.3 is 0 Å². The molecule has 0 N–H and O–H groups in total. The van der Waals surface area contributed by atoms with Gasteiger partial charge in [0.15, 0.2) is 9.58 Å². The van der Waals surface area contributed by atoms with Gasteiger partial charge in [-0.1, -0.05) is 52.5 Å². The van der Waals surface area contributed by atoms with E-state index in [-0.39, 0.29) is 23.6 Å². The number of alkyl halides is 3. The highest BCUT2D eigenvalue weighted by Crippen LogP contribution is 2.45. The Bertz CT molecular complexity index is 645. The van der Waals surface area contributed by atoms with E-state index < -0.39 is 21.4 Å². The van der Waals surface area contributed by atoms with Crippen LogP contribution in [0, 0.1) is 17.2 Å². The first-order chi connectivity index (χ1) is 9.75. The van der Waals surface area contributed by atoms with E-state index in [1.54, 1.807) is 0 Å². The zero-order valence-electron chi connectivity index (χ0n) is 10.6. The number of carbonyl (C=O) groups is 2. The number of halogens is 4. The maximum absolute atomic E-state index is 12.5. The molecule has 0 saturated heterocycles. The number of carbonyl (C=O) groups excluding carboxylic acids is 2. The number of nitrogens with zero attached hydrogens (tertiary/aromatic N) is 1. The fraction of sp³-hybridized carbons (Fsp3) is 0.357. The topological polar surface area (TPSA) is 57.9 Å². The van der Waals surface area contributed by atoms with Crippen molar-refractivity contribution in [2.75, 3.05) is 0 Å². The van der Waals surface area contributed by atoms with Crippen LogP contribution in [0.1, 0.15) is 29.9 Å². The van der Waals surface area contributed by atoms with Crippen molar-refractivity contribution in [2.24, 2.45) is 5.92 Å². The van der Waals surface area contributed by atoms with E-state index in [0.29, 0.717) is 11.1 Å². The first kappa shape index (κ1) is 16.6. The Morgan fingerprint density at radius 3 is 2.43 bits per heavy atom. The second kappa shape index (κ2) is 6.14. The summed E-state index contributed by atoms with van der Waals surface area (Å²) in [6.45, 7) is 0. The molecule has 110 valence electrons. The molecule has 1 aromatic rings. The molecule has 1 saturated carbocycles. The van der Waals surface area contributed by atoms with Crippen molar-refractivity contribution in [1.82, 2.24) is 0 Å². The van der Waals surface area contributed by atoms with E-state index >= 15 is 0 Å². The molecule has 1 fully saturated rings. The number of hydrogen-bond donors (Lipinski definition) is 0. The molecule has 0 bridgehead atoms. The van der Waals surface area contributed by atoms with Crippen LogP contribution in [0.2, 0.25) is 5.02 Å². The largest absolute Gasteiger partial charge is 0.299 e. The summed E-state index contributed by atoms with van der Waals surface area (Å²) in [5.74, 6) is -2.59. The molecule has 0 spiro atoms. The lowest BCUT2D eigenvalue weighted by Gasteiger charge is -2.31. The molecule has 0 radical (unpaired) electrons. The van der Waals surface area contributed by atoms with Gasteiger partial charge in [0, 0.05) is 11.4 Å². The smallest absolute Gasteiger partial charge is 0.200 e. The first-order valence-electron chi connectivity index (χ1n) is 6.08. The fourth-order valence-electron chi connectivity index (χ4n) is 2.42. The zero-order valence-corrected chi connectivity index (χ0v) is 13.6. The van der Waals surface area contributed by atoms with Crippen molar-refractivity contribution >= 4 is 58.0 Å². The lowest BCUT2D eigenvalue weighted by atomic mass is 9.76. The Morgan fingerprint density at radius 1 is 1.24 bits per heavy atom. The molecule has 1 aromatic carbocycles. The van der Waals surface area contributed by atoms with Gasteiger partial charge in [0.25, 0.3) is 0 Å². The van der Waals surface area contributed by atoms with Crippen LogP contribution in [0.15, 0.2) is 18.2 Å². The molecule has 1 aliphatic rings. The lowest BCUT2D eigenvalue weighted by molar-refractivity contribution is -0.135. The SMILES string of the molecule is N#Cc1ccc(C2C(=O)CCC(C(Cl)(Cl)Cl)C2=O)c(Cl)c1. The third-order valence-electron chi connectivity index (χ3n) is 3.47. The van der Waals surface area contributed by atoms with Crippen LogP contribution in [0.5, 0.6) is 0 Å². The third-order valence-corrected chi connectivity index (χ3v) is 4.58. The Labute approximate surface area is 141 Å². The maximum atomic E-state index is 12.5. The van der Waals surface area contributed by atoms with Gasteiger partial charge in [-0.2, -0.15) is 5.26 Å². The van der Waals surface area contributed by atoms with Crippen molar-refractivity contribution in [1.29, 1.82) is 5.26 Å². The molecule has 2 unspecified atom stereocenters. The van der Waals surface area contributed by atoms with Crippen LogP contribution >= 0.6 is 46.4 Å². The molecule has 0 heterocycles. The quantitative estimate of drug-likeness (QED) is 0.553. The molecule has 1 aliphatic carbocycles. The van der Waals surface area contributed by atoms with Crippen LogP contribution in [0.4, 0.5) is 0 Å². The molecule has 0 aromatic heterocycles. The summed E-state index contributed by atoms with van der Waals surface area (Å²) in [6.07, 6.45) is 0.351. The summed E-state index contributed by atoms with van der Waals surface area (Å²) in [5, 5.41) is 9.01. The Morgan fingerprint density at radius 2 is 1.90 bits per heavy atom. The molecular weight excluding hydrogens is 356 g/mol. The summed E-state index contributed by atoms with van der Waals surface area (Å²) in [5.41, 5.74) is 0.696. The minimum atomic E-state index is -1.75. The highest BCUT2D eigenvalue weighted by molar-refractivity contribution is 6.68. The van der Waals surface area contributed by atoms with Crippen molar-refractivity contribution in [3.05, 3.63) is 34.3 Å². The van der Waals surface area contributed by atoms with Crippen molar-refractivity contribution in [2.45, 2.75) is 22.6 Å².